The standard InChI is InChI=1S/C22H28N2O4S/c1-4-17-7-9-19(10-8-17)23-22(25)18-6-5-13-24(15-18)29(26,27)20-11-12-21(28-3)16(2)14-20/h7-12,14,18H,4-6,13,15H2,1-3H3,(H,23,25)/t18-/m1/s1. The van der Waals surface area contributed by atoms with Gasteiger partial charge in [0.2, 0.25) is 15.9 Å². The highest BCUT2D eigenvalue weighted by atomic mass is 32.2. The van der Waals surface area contributed by atoms with Crippen molar-refractivity contribution in [1.29, 1.82) is 0 Å². The van der Waals surface area contributed by atoms with E-state index in [1.165, 1.54) is 9.87 Å². The molecule has 1 fully saturated rings. The molecular weight excluding hydrogens is 388 g/mol. The topological polar surface area (TPSA) is 75.7 Å². The van der Waals surface area contributed by atoms with E-state index in [-0.39, 0.29) is 23.3 Å². The summed E-state index contributed by atoms with van der Waals surface area (Å²) in [6.07, 6.45) is 2.27. The van der Waals surface area contributed by atoms with E-state index in [2.05, 4.69) is 12.2 Å². The molecule has 2 aromatic rings. The molecule has 1 heterocycles. The summed E-state index contributed by atoms with van der Waals surface area (Å²) in [5.74, 6) is 0.137. The van der Waals surface area contributed by atoms with Gasteiger partial charge in [-0.05, 0) is 67.6 Å². The summed E-state index contributed by atoms with van der Waals surface area (Å²) in [6, 6.07) is 12.6. The van der Waals surface area contributed by atoms with Crippen LogP contribution in [0.25, 0.3) is 0 Å². The molecule has 1 N–H and O–H groups in total. The minimum Gasteiger partial charge on any atom is -0.496 e. The molecule has 1 atom stereocenters. The van der Waals surface area contributed by atoms with Gasteiger partial charge in [0.1, 0.15) is 5.75 Å². The van der Waals surface area contributed by atoms with E-state index in [4.69, 9.17) is 4.74 Å². The molecule has 0 unspecified atom stereocenters. The number of carbonyl (C=O) groups is 1. The number of nitrogens with one attached hydrogen (secondary N) is 1. The Balaban J connectivity index is 1.71. The van der Waals surface area contributed by atoms with E-state index in [0.717, 1.165) is 17.7 Å². The van der Waals surface area contributed by atoms with Gasteiger partial charge in [0.15, 0.2) is 0 Å². The van der Waals surface area contributed by atoms with Crippen LogP contribution in [0.3, 0.4) is 0 Å². The van der Waals surface area contributed by atoms with Gasteiger partial charge in [-0.15, -0.1) is 0 Å². The van der Waals surface area contributed by atoms with Crippen molar-refractivity contribution in [3.8, 4) is 5.75 Å². The van der Waals surface area contributed by atoms with E-state index in [9.17, 15) is 13.2 Å². The number of carbonyl (C=O) groups excluding carboxylic acids is 1. The zero-order valence-electron chi connectivity index (χ0n) is 17.1. The van der Waals surface area contributed by atoms with Gasteiger partial charge in [-0.1, -0.05) is 19.1 Å². The predicted octanol–water partition coefficient (Wildman–Crippen LogP) is 3.61. The van der Waals surface area contributed by atoms with Gasteiger partial charge in [-0.3, -0.25) is 4.79 Å². The SMILES string of the molecule is CCc1ccc(NC(=O)[C@@H]2CCCN(S(=O)(=O)c3ccc(OC)c(C)c3)C2)cc1. The zero-order chi connectivity index (χ0) is 21.0. The van der Waals surface area contributed by atoms with Gasteiger partial charge in [0.05, 0.1) is 17.9 Å². The van der Waals surface area contributed by atoms with Crippen LogP contribution >= 0.6 is 0 Å². The van der Waals surface area contributed by atoms with E-state index >= 15 is 0 Å². The lowest BCUT2D eigenvalue weighted by Gasteiger charge is -2.31. The smallest absolute Gasteiger partial charge is 0.243 e. The summed E-state index contributed by atoms with van der Waals surface area (Å²) in [5, 5.41) is 2.92. The molecule has 7 heteroatoms. The molecule has 0 saturated carbocycles. The fourth-order valence-electron chi connectivity index (χ4n) is 3.60. The molecule has 156 valence electrons. The van der Waals surface area contributed by atoms with Crippen molar-refractivity contribution in [3.63, 3.8) is 0 Å². The van der Waals surface area contributed by atoms with Crippen LogP contribution in [-0.2, 0) is 21.2 Å². The number of hydrogen-bond donors (Lipinski definition) is 1. The molecule has 0 aliphatic carbocycles. The van der Waals surface area contributed by atoms with Gasteiger partial charge in [0, 0.05) is 18.8 Å². The molecular formula is C22H28N2O4S. The first-order chi connectivity index (χ1) is 13.8. The monoisotopic (exact) mass is 416 g/mol. The molecule has 1 saturated heterocycles. The highest BCUT2D eigenvalue weighted by Gasteiger charge is 2.33. The Hall–Kier alpha value is -2.38. The molecule has 0 aromatic heterocycles. The highest BCUT2D eigenvalue weighted by Crippen LogP contribution is 2.27. The summed E-state index contributed by atoms with van der Waals surface area (Å²) < 4.78 is 32.8. The summed E-state index contributed by atoms with van der Waals surface area (Å²) in [5.41, 5.74) is 2.70. The maximum absolute atomic E-state index is 13.1. The Morgan fingerprint density at radius 1 is 1.21 bits per heavy atom. The Labute approximate surface area is 172 Å². The third kappa shape index (κ3) is 4.79. The number of amides is 1. The van der Waals surface area contributed by atoms with Crippen molar-refractivity contribution in [1.82, 2.24) is 4.31 Å². The van der Waals surface area contributed by atoms with Crippen molar-refractivity contribution in [2.24, 2.45) is 5.92 Å². The largest absolute Gasteiger partial charge is 0.496 e. The first-order valence-electron chi connectivity index (χ1n) is 9.89. The second-order valence-corrected chi connectivity index (χ2v) is 9.31. The first kappa shape index (κ1) is 21.3. The maximum Gasteiger partial charge on any atom is 0.243 e. The molecule has 6 nitrogen and oxygen atoms in total. The molecule has 3 rings (SSSR count). The number of aryl methyl sites for hydroxylation is 2. The second-order valence-electron chi connectivity index (χ2n) is 7.37. The molecule has 1 aliphatic heterocycles. The Morgan fingerprint density at radius 3 is 2.55 bits per heavy atom. The van der Waals surface area contributed by atoms with Gasteiger partial charge >= 0.3 is 0 Å². The first-order valence-corrected chi connectivity index (χ1v) is 11.3. The van der Waals surface area contributed by atoms with Crippen LogP contribution in [-0.4, -0.2) is 38.8 Å². The number of anilines is 1. The van der Waals surface area contributed by atoms with E-state index in [0.29, 0.717) is 25.1 Å². The van der Waals surface area contributed by atoms with Crippen molar-refractivity contribution in [2.45, 2.75) is 38.0 Å². The lowest BCUT2D eigenvalue weighted by atomic mass is 9.98. The third-order valence-electron chi connectivity index (χ3n) is 5.39. The number of benzene rings is 2. The van der Waals surface area contributed by atoms with Crippen molar-refractivity contribution in [3.05, 3.63) is 53.6 Å². The third-order valence-corrected chi connectivity index (χ3v) is 7.25. The van der Waals surface area contributed by atoms with Crippen LogP contribution in [0.4, 0.5) is 5.69 Å². The maximum atomic E-state index is 13.1. The minimum absolute atomic E-state index is 0.139. The molecule has 0 bridgehead atoms. The summed E-state index contributed by atoms with van der Waals surface area (Å²) in [6.45, 7) is 4.50. The lowest BCUT2D eigenvalue weighted by Crippen LogP contribution is -2.43. The average molecular weight is 417 g/mol. The number of nitrogens with zero attached hydrogens (tertiary/aromatic N) is 1. The second kappa shape index (κ2) is 8.97. The zero-order valence-corrected chi connectivity index (χ0v) is 18.0. The number of ether oxygens (including phenoxy) is 1. The number of rotatable bonds is 6. The molecule has 1 amide bonds. The summed E-state index contributed by atoms with van der Waals surface area (Å²) >= 11 is 0. The quantitative estimate of drug-likeness (QED) is 0.781. The predicted molar refractivity (Wildman–Crippen MR) is 114 cm³/mol. The fraction of sp³-hybridized carbons (Fsp3) is 0.409. The van der Waals surface area contributed by atoms with Crippen molar-refractivity contribution in [2.75, 3.05) is 25.5 Å². The van der Waals surface area contributed by atoms with E-state index in [1.54, 1.807) is 25.3 Å². The average Bonchev–Trinajstić information content (AvgIpc) is 2.74. The van der Waals surface area contributed by atoms with Crippen LogP contribution in [0.2, 0.25) is 0 Å². The number of hydrogen-bond acceptors (Lipinski definition) is 4. The van der Waals surface area contributed by atoms with Gasteiger partial charge in [-0.2, -0.15) is 4.31 Å². The summed E-state index contributed by atoms with van der Waals surface area (Å²) in [4.78, 5) is 12.9. The fourth-order valence-corrected chi connectivity index (χ4v) is 5.21. The number of methoxy groups -OCH3 is 1. The minimum atomic E-state index is -3.66. The normalized spacial score (nSPS) is 17.7. The van der Waals surface area contributed by atoms with E-state index < -0.39 is 10.0 Å². The molecule has 2 aromatic carbocycles. The van der Waals surface area contributed by atoms with Crippen molar-refractivity contribution >= 4 is 21.6 Å². The van der Waals surface area contributed by atoms with Gasteiger partial charge < -0.3 is 10.1 Å². The van der Waals surface area contributed by atoms with Gasteiger partial charge in [-0.25, -0.2) is 8.42 Å². The van der Waals surface area contributed by atoms with Crippen LogP contribution < -0.4 is 10.1 Å². The molecule has 29 heavy (non-hydrogen) atoms. The van der Waals surface area contributed by atoms with Crippen LogP contribution in [0.1, 0.15) is 30.9 Å². The number of piperidine rings is 1. The van der Waals surface area contributed by atoms with Gasteiger partial charge in [0.25, 0.3) is 0 Å². The van der Waals surface area contributed by atoms with Crippen LogP contribution in [0, 0.1) is 12.8 Å². The van der Waals surface area contributed by atoms with E-state index in [1.807, 2.05) is 31.2 Å². The Bertz CT molecular complexity index is 971. The Kier molecular flexibility index (Phi) is 6.59. The van der Waals surface area contributed by atoms with Crippen LogP contribution in [0.5, 0.6) is 5.75 Å². The molecule has 0 spiro atoms. The Morgan fingerprint density at radius 2 is 1.93 bits per heavy atom. The lowest BCUT2D eigenvalue weighted by molar-refractivity contribution is -0.120. The van der Waals surface area contributed by atoms with Crippen LogP contribution in [0.15, 0.2) is 47.4 Å². The molecule has 1 aliphatic rings. The van der Waals surface area contributed by atoms with Crippen molar-refractivity contribution < 1.29 is 17.9 Å². The number of sulfonamides is 1. The molecule has 0 radical (unpaired) electrons. The highest BCUT2D eigenvalue weighted by molar-refractivity contribution is 7.89. The summed E-state index contributed by atoms with van der Waals surface area (Å²) in [7, 11) is -2.10.